The number of piperidine rings is 1. The normalized spacial score (nSPS) is 16.0. The van der Waals surface area contributed by atoms with E-state index < -0.39 is 11.8 Å². The summed E-state index contributed by atoms with van der Waals surface area (Å²) in [5, 5.41) is 8.74. The molecule has 1 amide bonds. The van der Waals surface area contributed by atoms with Gasteiger partial charge in [0.15, 0.2) is 0 Å². The van der Waals surface area contributed by atoms with Crippen LogP contribution in [0.15, 0.2) is 12.1 Å². The molecule has 1 aromatic carbocycles. The van der Waals surface area contributed by atoms with Crippen molar-refractivity contribution < 1.29 is 19.1 Å². The molecular weight excluding hydrogens is 320 g/mol. The van der Waals surface area contributed by atoms with Crippen molar-refractivity contribution >= 4 is 35.1 Å². The third-order valence-corrected chi connectivity index (χ3v) is 4.21. The molecule has 0 spiro atoms. The van der Waals surface area contributed by atoms with Crippen LogP contribution in [-0.4, -0.2) is 35.0 Å². The van der Waals surface area contributed by atoms with Crippen molar-refractivity contribution in [1.29, 1.82) is 0 Å². The van der Waals surface area contributed by atoms with Gasteiger partial charge in [-0.3, -0.25) is 9.59 Å². The van der Waals surface area contributed by atoms with Gasteiger partial charge in [0.2, 0.25) is 0 Å². The molecule has 21 heavy (non-hydrogen) atoms. The molecule has 1 aromatic rings. The van der Waals surface area contributed by atoms with Crippen LogP contribution in [0.1, 0.15) is 29.6 Å². The maximum absolute atomic E-state index is 13.5. The molecule has 2 rings (SSSR count). The van der Waals surface area contributed by atoms with Crippen LogP contribution in [-0.2, 0) is 4.79 Å². The van der Waals surface area contributed by atoms with E-state index in [1.807, 2.05) is 0 Å². The van der Waals surface area contributed by atoms with Crippen molar-refractivity contribution in [3.05, 3.63) is 33.6 Å². The van der Waals surface area contributed by atoms with Gasteiger partial charge in [-0.05, 0) is 30.9 Å². The zero-order valence-corrected chi connectivity index (χ0v) is 12.6. The van der Waals surface area contributed by atoms with E-state index >= 15 is 0 Å². The first-order valence-electron chi connectivity index (χ1n) is 6.54. The van der Waals surface area contributed by atoms with Crippen molar-refractivity contribution in [3.8, 4) is 0 Å². The van der Waals surface area contributed by atoms with Crippen molar-refractivity contribution in [2.24, 2.45) is 5.92 Å². The minimum absolute atomic E-state index is 0.0731. The molecule has 1 aliphatic heterocycles. The summed E-state index contributed by atoms with van der Waals surface area (Å²) < 4.78 is 13.5. The lowest BCUT2D eigenvalue weighted by molar-refractivity contribution is -0.138. The van der Waals surface area contributed by atoms with Crippen LogP contribution in [0.4, 0.5) is 4.39 Å². The van der Waals surface area contributed by atoms with E-state index in [9.17, 15) is 14.0 Å². The molecule has 0 bridgehead atoms. The summed E-state index contributed by atoms with van der Waals surface area (Å²) in [6.07, 6.45) is 1.34. The molecule has 1 saturated heterocycles. The minimum Gasteiger partial charge on any atom is -0.481 e. The lowest BCUT2D eigenvalue weighted by atomic mass is 9.93. The second-order valence-electron chi connectivity index (χ2n) is 5.08. The number of carbonyl (C=O) groups is 2. The van der Waals surface area contributed by atoms with Crippen molar-refractivity contribution in [2.75, 3.05) is 13.1 Å². The number of hydrogen-bond donors (Lipinski definition) is 1. The number of carbonyl (C=O) groups excluding carboxylic acids is 1. The van der Waals surface area contributed by atoms with Crippen molar-refractivity contribution in [3.63, 3.8) is 0 Å². The number of hydrogen-bond acceptors (Lipinski definition) is 2. The summed E-state index contributed by atoms with van der Waals surface area (Å²) in [4.78, 5) is 24.6. The number of benzene rings is 1. The third-order valence-electron chi connectivity index (χ3n) is 3.61. The van der Waals surface area contributed by atoms with Gasteiger partial charge < -0.3 is 10.0 Å². The predicted octanol–water partition coefficient (Wildman–Crippen LogP) is 3.46. The van der Waals surface area contributed by atoms with Gasteiger partial charge in [0.1, 0.15) is 5.82 Å². The number of carboxylic acids is 1. The number of carboxylic acid groups (broad SMARTS) is 1. The van der Waals surface area contributed by atoms with Gasteiger partial charge in [0.05, 0.1) is 15.6 Å². The smallest absolute Gasteiger partial charge is 0.303 e. The maximum atomic E-state index is 13.5. The standard InChI is InChI=1S/C14H14Cl2FNO3/c15-10-7-11(16)12(17)6-9(10)14(21)18-3-1-8(2-4-18)5-13(19)20/h6-8H,1-5H2,(H,19,20). The van der Waals surface area contributed by atoms with Crippen LogP contribution in [0.3, 0.4) is 0 Å². The Hall–Kier alpha value is -1.33. The first-order valence-corrected chi connectivity index (χ1v) is 7.29. The van der Waals surface area contributed by atoms with Gasteiger partial charge >= 0.3 is 5.97 Å². The second-order valence-corrected chi connectivity index (χ2v) is 5.89. The third kappa shape index (κ3) is 3.86. The molecule has 7 heteroatoms. The van der Waals surface area contributed by atoms with Gasteiger partial charge in [-0.25, -0.2) is 4.39 Å². The molecule has 0 aromatic heterocycles. The summed E-state index contributed by atoms with van der Waals surface area (Å²) in [5.41, 5.74) is 0.0789. The molecule has 0 aliphatic carbocycles. The fourth-order valence-corrected chi connectivity index (χ4v) is 2.91. The molecule has 1 heterocycles. The lowest BCUT2D eigenvalue weighted by Crippen LogP contribution is -2.39. The van der Waals surface area contributed by atoms with E-state index in [2.05, 4.69) is 0 Å². The highest BCUT2D eigenvalue weighted by atomic mass is 35.5. The largest absolute Gasteiger partial charge is 0.481 e. The van der Waals surface area contributed by atoms with E-state index in [1.54, 1.807) is 4.90 Å². The highest BCUT2D eigenvalue weighted by molar-refractivity contribution is 6.36. The second kappa shape index (κ2) is 6.62. The van der Waals surface area contributed by atoms with Crippen LogP contribution < -0.4 is 0 Å². The topological polar surface area (TPSA) is 57.6 Å². The van der Waals surface area contributed by atoms with E-state index in [0.29, 0.717) is 25.9 Å². The monoisotopic (exact) mass is 333 g/mol. The summed E-state index contributed by atoms with van der Waals surface area (Å²) in [6.45, 7) is 0.884. The molecule has 114 valence electrons. The summed E-state index contributed by atoms with van der Waals surface area (Å²) in [5.74, 6) is -1.80. The Bertz CT molecular complexity index is 572. The maximum Gasteiger partial charge on any atom is 0.303 e. The lowest BCUT2D eigenvalue weighted by Gasteiger charge is -2.31. The van der Waals surface area contributed by atoms with Crippen LogP contribution in [0, 0.1) is 11.7 Å². The van der Waals surface area contributed by atoms with Gasteiger partial charge in [0, 0.05) is 19.5 Å². The first kappa shape index (κ1) is 16.0. The van der Waals surface area contributed by atoms with Crippen molar-refractivity contribution in [2.45, 2.75) is 19.3 Å². The van der Waals surface area contributed by atoms with Crippen LogP contribution in [0.2, 0.25) is 10.0 Å². The number of halogens is 3. The Morgan fingerprint density at radius 2 is 1.86 bits per heavy atom. The number of rotatable bonds is 3. The number of aliphatic carboxylic acids is 1. The van der Waals surface area contributed by atoms with Gasteiger partial charge in [0.25, 0.3) is 5.91 Å². The Labute approximate surface area is 131 Å². The molecule has 4 nitrogen and oxygen atoms in total. The molecule has 0 saturated carbocycles. The summed E-state index contributed by atoms with van der Waals surface area (Å²) in [7, 11) is 0. The van der Waals surface area contributed by atoms with Crippen LogP contribution >= 0.6 is 23.2 Å². The van der Waals surface area contributed by atoms with E-state index in [0.717, 1.165) is 6.07 Å². The molecule has 0 unspecified atom stereocenters. The van der Waals surface area contributed by atoms with Crippen LogP contribution in [0.25, 0.3) is 0 Å². The Balaban J connectivity index is 2.05. The summed E-state index contributed by atoms with van der Waals surface area (Å²) >= 11 is 11.5. The van der Waals surface area contributed by atoms with E-state index in [-0.39, 0.29) is 33.9 Å². The first-order chi connectivity index (χ1) is 9.88. The molecule has 0 radical (unpaired) electrons. The van der Waals surface area contributed by atoms with Crippen molar-refractivity contribution in [1.82, 2.24) is 4.90 Å². The van der Waals surface area contributed by atoms with E-state index in [4.69, 9.17) is 28.3 Å². The Morgan fingerprint density at radius 1 is 1.24 bits per heavy atom. The number of amides is 1. The minimum atomic E-state index is -0.831. The molecular formula is C14H14Cl2FNO3. The zero-order valence-electron chi connectivity index (χ0n) is 11.1. The molecule has 0 atom stereocenters. The zero-order chi connectivity index (χ0) is 15.6. The molecule has 1 fully saturated rings. The Morgan fingerprint density at radius 3 is 2.43 bits per heavy atom. The van der Waals surface area contributed by atoms with Gasteiger partial charge in [-0.15, -0.1) is 0 Å². The fourth-order valence-electron chi connectivity index (χ4n) is 2.44. The Kier molecular flexibility index (Phi) is 5.06. The molecule has 1 N–H and O–H groups in total. The predicted molar refractivity (Wildman–Crippen MR) is 77.3 cm³/mol. The molecule has 1 aliphatic rings. The van der Waals surface area contributed by atoms with Gasteiger partial charge in [-0.2, -0.15) is 0 Å². The number of likely N-dealkylation sites (tertiary alicyclic amines) is 1. The highest BCUT2D eigenvalue weighted by Crippen LogP contribution is 2.27. The van der Waals surface area contributed by atoms with Gasteiger partial charge in [-0.1, -0.05) is 23.2 Å². The number of nitrogens with zero attached hydrogens (tertiary/aromatic N) is 1. The fraction of sp³-hybridized carbons (Fsp3) is 0.429. The average molecular weight is 334 g/mol. The average Bonchev–Trinajstić information content (AvgIpc) is 2.42. The van der Waals surface area contributed by atoms with E-state index in [1.165, 1.54) is 6.07 Å². The highest BCUT2D eigenvalue weighted by Gasteiger charge is 2.26. The van der Waals surface area contributed by atoms with Crippen LogP contribution in [0.5, 0.6) is 0 Å². The quantitative estimate of drug-likeness (QED) is 0.862. The SMILES string of the molecule is O=C(O)CC1CCN(C(=O)c2cc(F)c(Cl)cc2Cl)CC1. The summed E-state index contributed by atoms with van der Waals surface area (Å²) in [6, 6.07) is 2.25.